The molecule has 0 unspecified atom stereocenters. The van der Waals surface area contributed by atoms with Crippen molar-refractivity contribution >= 4 is 11.4 Å². The Bertz CT molecular complexity index is 1090. The van der Waals surface area contributed by atoms with Crippen LogP contribution in [0, 0.1) is 23.3 Å². The van der Waals surface area contributed by atoms with Crippen molar-refractivity contribution in [1.82, 2.24) is 0 Å². The molecule has 32 heavy (non-hydrogen) atoms. The predicted molar refractivity (Wildman–Crippen MR) is 96.0 cm³/mol. The number of anilines is 2. The van der Waals surface area contributed by atoms with E-state index in [0.717, 1.165) is 12.1 Å². The first-order chi connectivity index (χ1) is 14.6. The molecule has 0 saturated heterocycles. The highest BCUT2D eigenvalue weighted by Gasteiger charge is 2.39. The molecule has 2 nitrogen and oxygen atoms in total. The van der Waals surface area contributed by atoms with Crippen molar-refractivity contribution in [2.24, 2.45) is 0 Å². The normalized spacial score (nSPS) is 12.3. The molecule has 170 valence electrons. The predicted octanol–water partition coefficient (Wildman–Crippen LogP) is 6.78. The summed E-state index contributed by atoms with van der Waals surface area (Å²) in [7, 11) is 0. The molecule has 4 N–H and O–H groups in total. The van der Waals surface area contributed by atoms with E-state index in [-0.39, 0.29) is 0 Å². The van der Waals surface area contributed by atoms with Crippen LogP contribution >= 0.6 is 0 Å². The second-order valence-electron chi connectivity index (χ2n) is 6.61. The summed E-state index contributed by atoms with van der Waals surface area (Å²) in [5.41, 5.74) is 0.0960. The first kappa shape index (κ1) is 23.2. The van der Waals surface area contributed by atoms with E-state index in [1.807, 2.05) is 0 Å². The van der Waals surface area contributed by atoms with Gasteiger partial charge in [0.1, 0.15) is 0 Å². The molecule has 0 radical (unpaired) electrons. The average Bonchev–Trinajstić information content (AvgIpc) is 2.67. The summed E-state index contributed by atoms with van der Waals surface area (Å²) in [5.74, 6) is -9.28. The lowest BCUT2D eigenvalue weighted by Crippen LogP contribution is -2.13. The lowest BCUT2D eigenvalue weighted by Gasteiger charge is -2.19. The molecule has 0 aliphatic rings. The van der Waals surface area contributed by atoms with Crippen molar-refractivity contribution in [2.45, 2.75) is 12.4 Å². The summed E-state index contributed by atoms with van der Waals surface area (Å²) in [6, 6.07) is 3.16. The lowest BCUT2D eigenvalue weighted by atomic mass is 9.92. The summed E-state index contributed by atoms with van der Waals surface area (Å²) < 4.78 is 139. The second kappa shape index (κ2) is 7.61. The molecular weight excluding hydrogens is 458 g/mol. The van der Waals surface area contributed by atoms with Gasteiger partial charge in [-0.25, -0.2) is 17.6 Å². The SMILES string of the molecule is Nc1ccc(-c2c(F)c(F)c(-c3ccc(N)cc3C(F)(F)F)c(F)c2F)c(C(F)(F)F)c1. The van der Waals surface area contributed by atoms with E-state index in [4.69, 9.17) is 11.5 Å². The van der Waals surface area contributed by atoms with Crippen molar-refractivity contribution in [3.05, 3.63) is 70.8 Å². The Balaban J connectivity index is 2.40. The van der Waals surface area contributed by atoms with Gasteiger partial charge in [-0.2, -0.15) is 26.3 Å². The Hall–Kier alpha value is -3.44. The molecule has 0 saturated carbocycles. The number of alkyl halides is 6. The Morgan fingerprint density at radius 3 is 1.03 bits per heavy atom. The van der Waals surface area contributed by atoms with Gasteiger partial charge in [-0.15, -0.1) is 0 Å². The quantitative estimate of drug-likeness (QED) is 0.248. The third-order valence-electron chi connectivity index (χ3n) is 4.50. The molecule has 0 heterocycles. The van der Waals surface area contributed by atoms with Gasteiger partial charge in [0.2, 0.25) is 0 Å². The Morgan fingerprint density at radius 2 is 0.781 bits per heavy atom. The van der Waals surface area contributed by atoms with Gasteiger partial charge in [0.05, 0.1) is 22.3 Å². The van der Waals surface area contributed by atoms with Gasteiger partial charge in [0.15, 0.2) is 23.3 Å². The lowest BCUT2D eigenvalue weighted by molar-refractivity contribution is -0.137. The Kier molecular flexibility index (Phi) is 5.52. The van der Waals surface area contributed by atoms with Crippen LogP contribution in [0.2, 0.25) is 0 Å². The highest BCUT2D eigenvalue weighted by Crippen LogP contribution is 2.45. The van der Waals surface area contributed by atoms with Crippen LogP contribution in [0.1, 0.15) is 11.1 Å². The van der Waals surface area contributed by atoms with Crippen LogP contribution in [0.4, 0.5) is 55.3 Å². The van der Waals surface area contributed by atoms with E-state index >= 15 is 0 Å². The molecule has 0 atom stereocenters. The summed E-state index contributed by atoms with van der Waals surface area (Å²) in [4.78, 5) is 0. The Labute approximate surface area is 173 Å². The number of rotatable bonds is 2. The maximum atomic E-state index is 14.8. The standard InChI is InChI=1S/C20H10F10N2/c21-15-13(9-3-1-7(31)5-11(9)19(25,26)27)16(22)18(24)14(17(15)23)10-4-2-8(32)6-12(10)20(28,29)30/h1-6H,31-32H2. The zero-order valence-corrected chi connectivity index (χ0v) is 15.4. The third-order valence-corrected chi connectivity index (χ3v) is 4.50. The first-order valence-electron chi connectivity index (χ1n) is 8.44. The van der Waals surface area contributed by atoms with Crippen molar-refractivity contribution < 1.29 is 43.9 Å². The molecule has 0 spiro atoms. The molecule has 3 aromatic carbocycles. The highest BCUT2D eigenvalue weighted by molar-refractivity contribution is 5.78. The molecule has 3 rings (SSSR count). The van der Waals surface area contributed by atoms with Gasteiger partial charge >= 0.3 is 12.4 Å². The fourth-order valence-corrected chi connectivity index (χ4v) is 3.13. The number of benzene rings is 3. The highest BCUT2D eigenvalue weighted by atomic mass is 19.4. The minimum absolute atomic E-state index is 0.291. The van der Waals surface area contributed by atoms with E-state index in [2.05, 4.69) is 0 Å². The molecule has 0 aliphatic carbocycles. The maximum Gasteiger partial charge on any atom is 0.417 e. The average molecular weight is 468 g/mol. The molecular formula is C20H10F10N2. The summed E-state index contributed by atoms with van der Waals surface area (Å²) >= 11 is 0. The molecule has 0 aromatic heterocycles. The maximum absolute atomic E-state index is 14.8. The molecule has 0 amide bonds. The first-order valence-corrected chi connectivity index (χ1v) is 8.44. The van der Waals surface area contributed by atoms with Crippen molar-refractivity contribution in [2.75, 3.05) is 11.5 Å². The smallest absolute Gasteiger partial charge is 0.399 e. The number of hydrogen-bond donors (Lipinski definition) is 2. The van der Waals surface area contributed by atoms with Crippen molar-refractivity contribution in [1.29, 1.82) is 0 Å². The number of nitrogens with two attached hydrogens (primary N) is 2. The van der Waals surface area contributed by atoms with Crippen LogP contribution in [0.5, 0.6) is 0 Å². The van der Waals surface area contributed by atoms with Gasteiger partial charge in [0, 0.05) is 22.5 Å². The molecule has 0 fully saturated rings. The summed E-state index contributed by atoms with van der Waals surface area (Å²) in [6.07, 6.45) is -10.5. The zero-order chi connectivity index (χ0) is 24.2. The van der Waals surface area contributed by atoms with Gasteiger partial charge in [-0.05, 0) is 24.3 Å². The van der Waals surface area contributed by atoms with E-state index in [1.54, 1.807) is 0 Å². The number of halogens is 10. The fraction of sp³-hybridized carbons (Fsp3) is 0.100. The van der Waals surface area contributed by atoms with Gasteiger partial charge in [-0.1, -0.05) is 12.1 Å². The molecule has 3 aromatic rings. The number of hydrogen-bond acceptors (Lipinski definition) is 2. The monoisotopic (exact) mass is 468 g/mol. The Morgan fingerprint density at radius 1 is 0.500 bits per heavy atom. The zero-order valence-electron chi connectivity index (χ0n) is 15.4. The third kappa shape index (κ3) is 3.92. The van der Waals surface area contributed by atoms with Gasteiger partial charge < -0.3 is 11.5 Å². The molecule has 12 heteroatoms. The second-order valence-corrected chi connectivity index (χ2v) is 6.61. The summed E-state index contributed by atoms with van der Waals surface area (Å²) in [5, 5.41) is 0. The van der Waals surface area contributed by atoms with E-state index in [1.165, 1.54) is 0 Å². The minimum atomic E-state index is -5.23. The van der Waals surface area contributed by atoms with E-state index < -0.39 is 80.4 Å². The minimum Gasteiger partial charge on any atom is -0.399 e. The molecule has 0 bridgehead atoms. The van der Waals surface area contributed by atoms with Crippen LogP contribution < -0.4 is 11.5 Å². The fourth-order valence-electron chi connectivity index (χ4n) is 3.13. The van der Waals surface area contributed by atoms with Crippen LogP contribution in [-0.4, -0.2) is 0 Å². The van der Waals surface area contributed by atoms with Crippen LogP contribution in [-0.2, 0) is 12.4 Å². The van der Waals surface area contributed by atoms with E-state index in [0.29, 0.717) is 24.3 Å². The molecule has 0 aliphatic heterocycles. The van der Waals surface area contributed by atoms with Gasteiger partial charge in [-0.3, -0.25) is 0 Å². The van der Waals surface area contributed by atoms with E-state index in [9.17, 15) is 43.9 Å². The van der Waals surface area contributed by atoms with Crippen molar-refractivity contribution in [3.63, 3.8) is 0 Å². The van der Waals surface area contributed by atoms with Crippen LogP contribution in [0.3, 0.4) is 0 Å². The largest absolute Gasteiger partial charge is 0.417 e. The van der Waals surface area contributed by atoms with Crippen LogP contribution in [0.15, 0.2) is 36.4 Å². The van der Waals surface area contributed by atoms with Crippen molar-refractivity contribution in [3.8, 4) is 22.3 Å². The number of nitrogen functional groups attached to an aromatic ring is 2. The van der Waals surface area contributed by atoms with Gasteiger partial charge in [0.25, 0.3) is 0 Å². The topological polar surface area (TPSA) is 52.0 Å². The summed E-state index contributed by atoms with van der Waals surface area (Å²) in [6.45, 7) is 0. The van der Waals surface area contributed by atoms with Crippen LogP contribution in [0.25, 0.3) is 22.3 Å².